The molecule has 0 radical (unpaired) electrons. The van der Waals surface area contributed by atoms with Crippen molar-refractivity contribution in [3.05, 3.63) is 0 Å². The Morgan fingerprint density at radius 2 is 2.11 bits per heavy atom. The van der Waals surface area contributed by atoms with Crippen LogP contribution in [0.25, 0.3) is 0 Å². The zero-order chi connectivity index (χ0) is 14.6. The largest absolute Gasteiger partial charge is 0.481 e. The Kier molecular flexibility index (Phi) is 5.32. The maximum atomic E-state index is 11.9. The molecule has 1 rings (SSSR count). The zero-order valence-corrected chi connectivity index (χ0v) is 11.7. The summed E-state index contributed by atoms with van der Waals surface area (Å²) in [6.07, 6.45) is 0.221. The van der Waals surface area contributed by atoms with Gasteiger partial charge in [-0.05, 0) is 12.8 Å². The van der Waals surface area contributed by atoms with Gasteiger partial charge in [0.25, 0.3) is 0 Å². The van der Waals surface area contributed by atoms with Gasteiger partial charge in [-0.1, -0.05) is 13.8 Å². The van der Waals surface area contributed by atoms with E-state index in [0.29, 0.717) is 13.1 Å². The molecule has 0 bridgehead atoms. The van der Waals surface area contributed by atoms with Gasteiger partial charge in [0.15, 0.2) is 0 Å². The first-order valence-electron chi connectivity index (χ1n) is 6.65. The molecule has 1 heterocycles. The topological polar surface area (TPSA) is 86.7 Å². The Morgan fingerprint density at radius 3 is 2.53 bits per heavy atom. The third kappa shape index (κ3) is 3.94. The lowest BCUT2D eigenvalue weighted by atomic mass is 9.95. The lowest BCUT2D eigenvalue weighted by molar-refractivity contribution is -0.143. The summed E-state index contributed by atoms with van der Waals surface area (Å²) in [6.45, 7) is 6.64. The molecule has 0 aromatic rings. The smallest absolute Gasteiger partial charge is 0.308 e. The minimum atomic E-state index is -0.909. The van der Waals surface area contributed by atoms with Crippen LogP contribution in [-0.4, -0.2) is 47.4 Å². The van der Waals surface area contributed by atoms with Gasteiger partial charge < -0.3 is 15.3 Å². The first-order valence-corrected chi connectivity index (χ1v) is 6.65. The second-order valence-corrected chi connectivity index (χ2v) is 5.27. The minimum Gasteiger partial charge on any atom is -0.481 e. The monoisotopic (exact) mass is 270 g/mol. The number of rotatable bonds is 6. The molecule has 1 aliphatic heterocycles. The number of likely N-dealkylation sites (tertiary alicyclic amines) is 1. The van der Waals surface area contributed by atoms with E-state index in [0.717, 1.165) is 0 Å². The van der Waals surface area contributed by atoms with E-state index in [1.54, 1.807) is 4.90 Å². The summed E-state index contributed by atoms with van der Waals surface area (Å²) in [5.41, 5.74) is 0. The van der Waals surface area contributed by atoms with Crippen molar-refractivity contribution in [2.75, 3.05) is 19.6 Å². The van der Waals surface area contributed by atoms with E-state index in [1.165, 1.54) is 0 Å². The molecule has 6 nitrogen and oxygen atoms in total. The van der Waals surface area contributed by atoms with E-state index < -0.39 is 11.9 Å². The second kappa shape index (κ2) is 6.54. The predicted octanol–water partition coefficient (Wildman–Crippen LogP) is 0.328. The van der Waals surface area contributed by atoms with E-state index in [1.807, 2.05) is 20.8 Å². The van der Waals surface area contributed by atoms with E-state index in [2.05, 4.69) is 5.32 Å². The molecule has 2 atom stereocenters. The number of nitrogens with one attached hydrogen (secondary N) is 1. The van der Waals surface area contributed by atoms with Crippen molar-refractivity contribution in [2.24, 2.45) is 17.8 Å². The first kappa shape index (κ1) is 15.5. The van der Waals surface area contributed by atoms with Gasteiger partial charge in [0.1, 0.15) is 0 Å². The van der Waals surface area contributed by atoms with E-state index in [9.17, 15) is 14.4 Å². The van der Waals surface area contributed by atoms with Crippen LogP contribution in [0.15, 0.2) is 0 Å². The fourth-order valence-electron chi connectivity index (χ4n) is 2.22. The molecule has 6 heteroatoms. The number of carbonyl (C=O) groups excluding carboxylic acids is 2. The van der Waals surface area contributed by atoms with Crippen molar-refractivity contribution in [3.63, 3.8) is 0 Å². The summed E-state index contributed by atoms with van der Waals surface area (Å²) in [4.78, 5) is 36.1. The maximum Gasteiger partial charge on any atom is 0.308 e. The number of amides is 2. The van der Waals surface area contributed by atoms with Gasteiger partial charge in [0, 0.05) is 26.1 Å². The standard InChI is InChI=1S/C13H22N2O4/c1-4-15-7-9(5-11(15)16)12(17)14-6-10(8(2)3)13(18)19/h8-10H,4-7H2,1-3H3,(H,14,17)(H,18,19). The molecule has 0 aromatic heterocycles. The number of nitrogens with zero attached hydrogens (tertiary/aromatic N) is 1. The summed E-state index contributed by atoms with van der Waals surface area (Å²) < 4.78 is 0. The molecule has 0 aliphatic carbocycles. The average molecular weight is 270 g/mol. The summed E-state index contributed by atoms with van der Waals surface area (Å²) in [7, 11) is 0. The number of aliphatic carboxylic acids is 1. The average Bonchev–Trinajstić information content (AvgIpc) is 2.69. The number of carboxylic acids is 1. The van der Waals surface area contributed by atoms with Crippen molar-refractivity contribution < 1.29 is 19.5 Å². The quantitative estimate of drug-likeness (QED) is 0.728. The molecule has 1 saturated heterocycles. The molecule has 0 aromatic carbocycles. The highest BCUT2D eigenvalue weighted by Crippen LogP contribution is 2.18. The lowest BCUT2D eigenvalue weighted by Crippen LogP contribution is -2.39. The molecule has 0 saturated carbocycles. The predicted molar refractivity (Wildman–Crippen MR) is 69.3 cm³/mol. The van der Waals surface area contributed by atoms with Gasteiger partial charge in [-0.15, -0.1) is 0 Å². The second-order valence-electron chi connectivity index (χ2n) is 5.27. The molecule has 19 heavy (non-hydrogen) atoms. The highest BCUT2D eigenvalue weighted by molar-refractivity contribution is 5.89. The Bertz CT molecular complexity index is 368. The van der Waals surface area contributed by atoms with Crippen LogP contribution in [0.2, 0.25) is 0 Å². The van der Waals surface area contributed by atoms with Crippen LogP contribution in [0.1, 0.15) is 27.2 Å². The molecule has 2 N–H and O–H groups in total. The SMILES string of the molecule is CCN1CC(C(=O)NCC(C(=O)O)C(C)C)CC1=O. The van der Waals surface area contributed by atoms with Crippen molar-refractivity contribution in [3.8, 4) is 0 Å². The van der Waals surface area contributed by atoms with Crippen LogP contribution in [-0.2, 0) is 14.4 Å². The Hall–Kier alpha value is -1.59. The molecule has 1 aliphatic rings. The molecule has 0 spiro atoms. The van der Waals surface area contributed by atoms with Crippen LogP contribution in [0.3, 0.4) is 0 Å². The van der Waals surface area contributed by atoms with Crippen LogP contribution in [0.4, 0.5) is 0 Å². The number of hydrogen-bond acceptors (Lipinski definition) is 3. The molecule has 1 fully saturated rings. The Balaban J connectivity index is 2.48. The number of carboxylic acid groups (broad SMARTS) is 1. The fourth-order valence-corrected chi connectivity index (χ4v) is 2.22. The maximum absolute atomic E-state index is 11.9. The number of hydrogen-bond donors (Lipinski definition) is 2. The lowest BCUT2D eigenvalue weighted by Gasteiger charge is -2.18. The van der Waals surface area contributed by atoms with Crippen LogP contribution < -0.4 is 5.32 Å². The van der Waals surface area contributed by atoms with Gasteiger partial charge in [-0.25, -0.2) is 0 Å². The van der Waals surface area contributed by atoms with E-state index >= 15 is 0 Å². The highest BCUT2D eigenvalue weighted by atomic mass is 16.4. The number of carbonyl (C=O) groups is 3. The van der Waals surface area contributed by atoms with Crippen molar-refractivity contribution in [1.29, 1.82) is 0 Å². The van der Waals surface area contributed by atoms with Crippen molar-refractivity contribution >= 4 is 17.8 Å². The van der Waals surface area contributed by atoms with Gasteiger partial charge in [0.05, 0.1) is 11.8 Å². The van der Waals surface area contributed by atoms with Gasteiger partial charge in [0.2, 0.25) is 11.8 Å². The van der Waals surface area contributed by atoms with Crippen LogP contribution >= 0.6 is 0 Å². The van der Waals surface area contributed by atoms with E-state index in [4.69, 9.17) is 5.11 Å². The molecular formula is C13H22N2O4. The minimum absolute atomic E-state index is 0.0127. The summed E-state index contributed by atoms with van der Waals surface area (Å²) in [5.74, 6) is -2.14. The fraction of sp³-hybridized carbons (Fsp3) is 0.769. The highest BCUT2D eigenvalue weighted by Gasteiger charge is 2.34. The zero-order valence-electron chi connectivity index (χ0n) is 11.7. The summed E-state index contributed by atoms with van der Waals surface area (Å²) >= 11 is 0. The molecule has 2 amide bonds. The third-order valence-electron chi connectivity index (χ3n) is 3.59. The third-order valence-corrected chi connectivity index (χ3v) is 3.59. The molecular weight excluding hydrogens is 248 g/mol. The summed E-state index contributed by atoms with van der Waals surface area (Å²) in [6, 6.07) is 0. The van der Waals surface area contributed by atoms with E-state index in [-0.39, 0.29) is 36.6 Å². The van der Waals surface area contributed by atoms with Crippen LogP contribution in [0.5, 0.6) is 0 Å². The Labute approximate surface area is 113 Å². The first-order chi connectivity index (χ1) is 8.86. The molecule has 2 unspecified atom stereocenters. The van der Waals surface area contributed by atoms with Crippen molar-refractivity contribution in [1.82, 2.24) is 10.2 Å². The Morgan fingerprint density at radius 1 is 1.47 bits per heavy atom. The van der Waals surface area contributed by atoms with Gasteiger partial charge >= 0.3 is 5.97 Å². The van der Waals surface area contributed by atoms with Gasteiger partial charge in [-0.2, -0.15) is 0 Å². The normalized spacial score (nSPS) is 20.7. The van der Waals surface area contributed by atoms with Crippen LogP contribution in [0, 0.1) is 17.8 Å². The van der Waals surface area contributed by atoms with Crippen molar-refractivity contribution in [2.45, 2.75) is 27.2 Å². The van der Waals surface area contributed by atoms with Gasteiger partial charge in [-0.3, -0.25) is 14.4 Å². The summed E-state index contributed by atoms with van der Waals surface area (Å²) in [5, 5.41) is 11.7. The molecule has 108 valence electrons.